The minimum Gasteiger partial charge on any atom is -0.406 e. The van der Waals surface area contributed by atoms with Crippen molar-refractivity contribution >= 4 is 11.8 Å². The first-order chi connectivity index (χ1) is 19.8. The number of halogens is 6. The van der Waals surface area contributed by atoms with Crippen LogP contribution in [0.2, 0.25) is 0 Å². The van der Waals surface area contributed by atoms with Crippen LogP contribution in [-0.4, -0.2) is 79.6 Å². The van der Waals surface area contributed by atoms with Crippen LogP contribution in [0.15, 0.2) is 47.1 Å². The quantitative estimate of drug-likeness (QED) is 0.289. The van der Waals surface area contributed by atoms with Crippen molar-refractivity contribution in [1.82, 2.24) is 35.0 Å². The number of anilines is 1. The molecule has 1 saturated heterocycles. The molecule has 42 heavy (non-hydrogen) atoms. The first kappa shape index (κ1) is 28.8. The summed E-state index contributed by atoms with van der Waals surface area (Å²) < 4.78 is 85.2. The lowest BCUT2D eigenvalue weighted by atomic mass is 10.2. The maximum atomic E-state index is 12.4. The molecule has 0 spiro atoms. The second kappa shape index (κ2) is 11.3. The average molecular weight is 598 g/mol. The number of benzene rings is 1. The van der Waals surface area contributed by atoms with Crippen LogP contribution in [0.3, 0.4) is 0 Å². The number of piperazine rings is 1. The van der Waals surface area contributed by atoms with Gasteiger partial charge in [0.15, 0.2) is 0 Å². The third-order valence-electron chi connectivity index (χ3n) is 5.97. The molecule has 12 nitrogen and oxygen atoms in total. The Balaban J connectivity index is 1.22. The molecule has 1 fully saturated rings. The van der Waals surface area contributed by atoms with E-state index in [1.807, 2.05) is 4.90 Å². The maximum Gasteiger partial charge on any atom is 0.573 e. The van der Waals surface area contributed by atoms with Gasteiger partial charge in [-0.15, -0.1) is 23.3 Å². The van der Waals surface area contributed by atoms with Gasteiger partial charge in [0, 0.05) is 24.8 Å². The number of carbonyl (C=O) groups excluding carboxylic acids is 1. The zero-order valence-electron chi connectivity index (χ0n) is 21.6. The van der Waals surface area contributed by atoms with E-state index < -0.39 is 18.5 Å². The number of nitrogens with zero attached hydrogens (tertiary/aromatic N) is 8. The van der Waals surface area contributed by atoms with Gasteiger partial charge in [-0.25, -0.2) is 19.4 Å². The summed E-state index contributed by atoms with van der Waals surface area (Å²) in [5.74, 6) is -1.28. The number of aryl methyl sites for hydroxylation is 1. The molecular weight excluding hydrogens is 578 g/mol. The number of aromatic nitrogens is 6. The Morgan fingerprint density at radius 3 is 2.36 bits per heavy atom. The first-order valence-electron chi connectivity index (χ1n) is 12.2. The van der Waals surface area contributed by atoms with Gasteiger partial charge in [0.25, 0.3) is 5.89 Å². The fraction of sp³-hybridized carbons (Fsp3) is 0.333. The number of ether oxygens (including phenoxy) is 1. The molecule has 0 unspecified atom stereocenters. The fourth-order valence-electron chi connectivity index (χ4n) is 3.98. The number of hydrogen-bond acceptors (Lipinski definition) is 11. The van der Waals surface area contributed by atoms with E-state index in [1.165, 1.54) is 12.1 Å². The SMILES string of the molecule is Cc1nc(-c2nc(-c3ccc(OC(F)(F)F)cc3)no2)nn1Cc1ccnc(N2CCN(OC(=O)C(F)(F)F)CC2)c1. The smallest absolute Gasteiger partial charge is 0.406 e. The van der Waals surface area contributed by atoms with Crippen LogP contribution in [0, 0.1) is 6.92 Å². The zero-order chi connectivity index (χ0) is 30.1. The van der Waals surface area contributed by atoms with Crippen LogP contribution in [0.25, 0.3) is 23.1 Å². The van der Waals surface area contributed by atoms with Gasteiger partial charge < -0.3 is 19.0 Å². The van der Waals surface area contributed by atoms with Crippen LogP contribution in [0.5, 0.6) is 5.75 Å². The fourth-order valence-corrected chi connectivity index (χ4v) is 3.98. The Bertz CT molecular complexity index is 1550. The standard InChI is InChI=1S/C24H20F6N8O4/c1-14-32-20(21-33-19(35-41-21)16-2-4-17(5-3-16)40-24(28,29)30)34-38(14)13-15-6-7-31-18(12-15)36-8-10-37(11-9-36)42-22(39)23(25,26)27/h2-7,12H,8-11,13H2,1H3. The van der Waals surface area contributed by atoms with Crippen molar-refractivity contribution in [2.75, 3.05) is 31.1 Å². The van der Waals surface area contributed by atoms with Gasteiger partial charge in [0.2, 0.25) is 11.6 Å². The molecule has 1 aliphatic rings. The van der Waals surface area contributed by atoms with Crippen molar-refractivity contribution < 1.29 is 45.2 Å². The molecule has 5 rings (SSSR count). The molecule has 0 atom stereocenters. The monoisotopic (exact) mass is 598 g/mol. The normalized spacial score (nSPS) is 14.7. The largest absolute Gasteiger partial charge is 0.573 e. The third-order valence-corrected chi connectivity index (χ3v) is 5.97. The molecule has 0 radical (unpaired) electrons. The predicted molar refractivity (Wildman–Crippen MR) is 129 cm³/mol. The molecule has 18 heteroatoms. The number of hydrogen-bond donors (Lipinski definition) is 0. The molecule has 0 saturated carbocycles. The van der Waals surface area contributed by atoms with E-state index in [4.69, 9.17) is 4.52 Å². The minimum absolute atomic E-state index is 0.00183. The Hall–Kier alpha value is -4.74. The number of rotatable bonds is 7. The number of hydroxylamine groups is 2. The minimum atomic E-state index is -5.07. The van der Waals surface area contributed by atoms with Crippen molar-refractivity contribution in [2.45, 2.75) is 26.0 Å². The molecule has 1 aliphatic heterocycles. The highest BCUT2D eigenvalue weighted by atomic mass is 19.4. The van der Waals surface area contributed by atoms with Gasteiger partial charge in [0.1, 0.15) is 17.4 Å². The average Bonchev–Trinajstić information content (AvgIpc) is 3.55. The van der Waals surface area contributed by atoms with E-state index in [1.54, 1.807) is 29.9 Å². The summed E-state index contributed by atoms with van der Waals surface area (Å²) in [6.45, 7) is 2.71. The topological polar surface area (TPSA) is 125 Å². The van der Waals surface area contributed by atoms with Crippen LogP contribution in [-0.2, 0) is 16.2 Å². The van der Waals surface area contributed by atoms with Crippen molar-refractivity contribution in [3.63, 3.8) is 0 Å². The molecule has 0 aliphatic carbocycles. The second-order valence-electron chi connectivity index (χ2n) is 8.95. The molecule has 222 valence electrons. The summed E-state index contributed by atoms with van der Waals surface area (Å²) in [6, 6.07) is 8.52. The van der Waals surface area contributed by atoms with Gasteiger partial charge in [-0.2, -0.15) is 18.2 Å². The number of carbonyl (C=O) groups is 1. The van der Waals surface area contributed by atoms with E-state index in [9.17, 15) is 31.1 Å². The Kier molecular flexibility index (Phi) is 7.72. The summed E-state index contributed by atoms with van der Waals surface area (Å²) >= 11 is 0. The second-order valence-corrected chi connectivity index (χ2v) is 8.95. The maximum absolute atomic E-state index is 12.4. The molecule has 1 aromatic carbocycles. The van der Waals surface area contributed by atoms with E-state index in [2.05, 4.69) is 34.8 Å². The highest BCUT2D eigenvalue weighted by Gasteiger charge is 2.43. The van der Waals surface area contributed by atoms with Crippen LogP contribution in [0.1, 0.15) is 11.4 Å². The van der Waals surface area contributed by atoms with Crippen molar-refractivity contribution in [3.05, 3.63) is 54.0 Å². The van der Waals surface area contributed by atoms with Crippen molar-refractivity contribution in [1.29, 1.82) is 0 Å². The summed E-state index contributed by atoms with van der Waals surface area (Å²) in [7, 11) is 0. The van der Waals surface area contributed by atoms with Gasteiger partial charge >= 0.3 is 18.5 Å². The molecule has 0 amide bonds. The Morgan fingerprint density at radius 2 is 1.69 bits per heavy atom. The highest BCUT2D eigenvalue weighted by molar-refractivity contribution is 5.75. The van der Waals surface area contributed by atoms with Gasteiger partial charge in [-0.3, -0.25) is 0 Å². The summed E-state index contributed by atoms with van der Waals surface area (Å²) in [5.41, 5.74) is 1.19. The Morgan fingerprint density at radius 1 is 0.976 bits per heavy atom. The van der Waals surface area contributed by atoms with E-state index in [0.717, 1.165) is 22.8 Å². The predicted octanol–water partition coefficient (Wildman–Crippen LogP) is 3.79. The molecule has 3 aromatic heterocycles. The van der Waals surface area contributed by atoms with E-state index >= 15 is 0 Å². The lowest BCUT2D eigenvalue weighted by Gasteiger charge is -2.34. The van der Waals surface area contributed by atoms with E-state index in [-0.39, 0.29) is 49.5 Å². The summed E-state index contributed by atoms with van der Waals surface area (Å²) in [5, 5.41) is 9.24. The zero-order valence-corrected chi connectivity index (χ0v) is 21.6. The summed E-state index contributed by atoms with van der Waals surface area (Å²) in [6.07, 6.45) is -8.29. The van der Waals surface area contributed by atoms with Crippen LogP contribution in [0.4, 0.5) is 32.2 Å². The molecular formula is C24H20F6N8O4. The number of alkyl halides is 6. The van der Waals surface area contributed by atoms with Crippen LogP contribution >= 0.6 is 0 Å². The molecule has 4 heterocycles. The molecule has 4 aromatic rings. The number of pyridine rings is 1. The van der Waals surface area contributed by atoms with E-state index in [0.29, 0.717) is 23.8 Å². The van der Waals surface area contributed by atoms with Gasteiger partial charge in [0.05, 0.1) is 19.6 Å². The third kappa shape index (κ3) is 6.93. The lowest BCUT2D eigenvalue weighted by Crippen LogP contribution is -2.48. The van der Waals surface area contributed by atoms with Gasteiger partial charge in [-0.05, 0) is 48.9 Å². The van der Waals surface area contributed by atoms with Crippen LogP contribution < -0.4 is 9.64 Å². The Labute approximate surface area is 232 Å². The first-order valence-corrected chi connectivity index (χ1v) is 12.2. The highest BCUT2D eigenvalue weighted by Crippen LogP contribution is 2.27. The molecule has 0 bridgehead atoms. The molecule has 0 N–H and O–H groups in total. The van der Waals surface area contributed by atoms with Crippen molar-refractivity contribution in [3.8, 4) is 28.9 Å². The van der Waals surface area contributed by atoms with Crippen molar-refractivity contribution in [2.24, 2.45) is 0 Å². The van der Waals surface area contributed by atoms with Gasteiger partial charge in [-0.1, -0.05) is 5.16 Å². The summed E-state index contributed by atoms with van der Waals surface area (Å²) in [4.78, 5) is 30.2. The lowest BCUT2D eigenvalue weighted by molar-refractivity contribution is -0.274.